The summed E-state index contributed by atoms with van der Waals surface area (Å²) in [4.78, 5) is 12.6. The molecule has 0 saturated carbocycles. The molecule has 2 aliphatic rings. The number of ether oxygens (including phenoxy) is 1. The largest absolute Gasteiger partial charge is 0.375 e. The third-order valence-electron chi connectivity index (χ3n) is 5.88. The molecular weight excluding hydrogens is 392 g/mol. The van der Waals surface area contributed by atoms with E-state index in [0.29, 0.717) is 5.69 Å². The van der Waals surface area contributed by atoms with Crippen LogP contribution in [0.4, 0.5) is 10.5 Å². The number of nitrogens with zero attached hydrogens (tertiary/aromatic N) is 2. The number of carbonyl (C=O) groups is 1. The number of amides is 2. The Kier molecular flexibility index (Phi) is 5.12. The highest BCUT2D eigenvalue weighted by Crippen LogP contribution is 2.38. The predicted octanol–water partition coefficient (Wildman–Crippen LogP) is 2.62. The third-order valence-corrected chi connectivity index (χ3v) is 7.08. The van der Waals surface area contributed by atoms with Gasteiger partial charge in [-0.05, 0) is 67.7 Å². The van der Waals surface area contributed by atoms with Crippen LogP contribution in [0.15, 0.2) is 17.2 Å². The first-order valence-corrected chi connectivity index (χ1v) is 11.4. The second kappa shape index (κ2) is 7.46. The Morgan fingerprint density at radius 1 is 1.14 bits per heavy atom. The van der Waals surface area contributed by atoms with Gasteiger partial charge in [-0.1, -0.05) is 6.07 Å². The topological polar surface area (TPSA) is 102 Å². The number of carbonyl (C=O) groups excluding carboxylic acids is 1. The lowest BCUT2D eigenvalue weighted by Crippen LogP contribution is -2.35. The number of urea groups is 1. The zero-order chi connectivity index (χ0) is 20.8. The Morgan fingerprint density at radius 3 is 2.34 bits per heavy atom. The number of aryl methyl sites for hydroxylation is 3. The van der Waals surface area contributed by atoms with Crippen LogP contribution >= 0.6 is 0 Å². The number of rotatable bonds is 5. The highest BCUT2D eigenvalue weighted by Gasteiger charge is 2.28. The number of benzene rings is 1. The van der Waals surface area contributed by atoms with Gasteiger partial charge in [-0.25, -0.2) is 9.52 Å². The molecule has 1 heterocycles. The summed E-state index contributed by atoms with van der Waals surface area (Å²) in [5.41, 5.74) is 6.24. The van der Waals surface area contributed by atoms with Crippen molar-refractivity contribution < 1.29 is 17.9 Å². The van der Waals surface area contributed by atoms with Gasteiger partial charge in [0.2, 0.25) is 0 Å². The van der Waals surface area contributed by atoms with Gasteiger partial charge in [-0.2, -0.15) is 13.5 Å². The normalized spacial score (nSPS) is 16.4. The SMILES string of the molecule is COC(C)c1cc(S(=O)(=O)NC(=O)Nc2c3c(cc4c2CCC4)CCC3)nn1C. The molecule has 1 unspecified atom stereocenters. The summed E-state index contributed by atoms with van der Waals surface area (Å²) in [6, 6.07) is 2.92. The van der Waals surface area contributed by atoms with E-state index in [1.165, 1.54) is 29.0 Å². The molecule has 1 atom stereocenters. The van der Waals surface area contributed by atoms with E-state index in [9.17, 15) is 13.2 Å². The molecule has 2 N–H and O–H groups in total. The fourth-order valence-electron chi connectivity index (χ4n) is 4.37. The summed E-state index contributed by atoms with van der Waals surface area (Å²) in [5, 5.41) is 6.66. The minimum atomic E-state index is -4.10. The van der Waals surface area contributed by atoms with Crippen LogP contribution in [0.1, 0.15) is 53.8 Å². The highest BCUT2D eigenvalue weighted by molar-refractivity contribution is 7.90. The molecule has 0 aliphatic heterocycles. The van der Waals surface area contributed by atoms with Gasteiger partial charge in [-0.3, -0.25) is 4.68 Å². The first-order valence-electron chi connectivity index (χ1n) is 9.87. The van der Waals surface area contributed by atoms with Crippen molar-refractivity contribution in [3.63, 3.8) is 0 Å². The standard InChI is InChI=1S/C20H26N4O4S/c1-12(28-3)17-11-18(22-24(17)2)29(26,27)23-20(25)21-19-15-8-4-6-13(15)10-14-7-5-9-16(14)19/h10-12H,4-9H2,1-3H3,(H2,21,23,25). The second-order valence-electron chi connectivity index (χ2n) is 7.70. The van der Waals surface area contributed by atoms with Crippen LogP contribution in [-0.4, -0.2) is 31.3 Å². The van der Waals surface area contributed by atoms with Gasteiger partial charge in [0.1, 0.15) is 0 Å². The van der Waals surface area contributed by atoms with Crippen molar-refractivity contribution in [3.05, 3.63) is 40.1 Å². The first kappa shape index (κ1) is 19.9. The van der Waals surface area contributed by atoms with Crippen LogP contribution in [-0.2, 0) is 47.5 Å². The average Bonchev–Trinajstić information content (AvgIpc) is 3.39. The molecule has 0 radical (unpaired) electrons. The van der Waals surface area contributed by atoms with E-state index in [0.717, 1.165) is 55.3 Å². The maximum absolute atomic E-state index is 12.7. The molecule has 1 aromatic carbocycles. The summed E-state index contributed by atoms with van der Waals surface area (Å²) in [7, 11) is -0.925. The van der Waals surface area contributed by atoms with Crippen molar-refractivity contribution in [2.75, 3.05) is 12.4 Å². The van der Waals surface area contributed by atoms with Gasteiger partial charge in [0, 0.05) is 25.9 Å². The molecule has 2 amide bonds. The lowest BCUT2D eigenvalue weighted by molar-refractivity contribution is 0.112. The number of nitrogens with one attached hydrogen (secondary N) is 2. The molecule has 1 aromatic heterocycles. The smallest absolute Gasteiger partial charge is 0.333 e. The van der Waals surface area contributed by atoms with Crippen LogP contribution in [0, 0.1) is 0 Å². The van der Waals surface area contributed by atoms with Crippen LogP contribution < -0.4 is 10.0 Å². The number of sulfonamides is 1. The molecule has 9 heteroatoms. The number of hydrogen-bond donors (Lipinski definition) is 2. The fourth-order valence-corrected chi connectivity index (χ4v) is 5.27. The number of hydrogen-bond acceptors (Lipinski definition) is 5. The van der Waals surface area contributed by atoms with E-state index < -0.39 is 16.1 Å². The summed E-state index contributed by atoms with van der Waals surface area (Å²) in [6.07, 6.45) is 5.62. The van der Waals surface area contributed by atoms with Crippen LogP contribution in [0.5, 0.6) is 0 Å². The zero-order valence-corrected chi connectivity index (χ0v) is 17.7. The van der Waals surface area contributed by atoms with Crippen molar-refractivity contribution in [2.45, 2.75) is 56.6 Å². The quantitative estimate of drug-likeness (QED) is 0.777. The first-order chi connectivity index (χ1) is 13.8. The van der Waals surface area contributed by atoms with Crippen LogP contribution in [0.3, 0.4) is 0 Å². The van der Waals surface area contributed by atoms with Crippen molar-refractivity contribution >= 4 is 21.7 Å². The van der Waals surface area contributed by atoms with E-state index in [4.69, 9.17) is 4.74 Å². The zero-order valence-electron chi connectivity index (χ0n) is 16.9. The van der Waals surface area contributed by atoms with E-state index in [2.05, 4.69) is 21.2 Å². The molecule has 0 fully saturated rings. The highest BCUT2D eigenvalue weighted by atomic mass is 32.2. The molecular formula is C20H26N4O4S. The number of anilines is 1. The minimum absolute atomic E-state index is 0.211. The van der Waals surface area contributed by atoms with Gasteiger partial charge < -0.3 is 10.1 Å². The summed E-state index contributed by atoms with van der Waals surface area (Å²) in [6.45, 7) is 1.80. The maximum atomic E-state index is 12.7. The van der Waals surface area contributed by atoms with Crippen molar-refractivity contribution in [3.8, 4) is 0 Å². The molecule has 0 bridgehead atoms. The maximum Gasteiger partial charge on any atom is 0.333 e. The molecule has 29 heavy (non-hydrogen) atoms. The number of fused-ring (bicyclic) bond motifs is 2. The van der Waals surface area contributed by atoms with E-state index >= 15 is 0 Å². The lowest BCUT2D eigenvalue weighted by atomic mass is 9.99. The van der Waals surface area contributed by atoms with Crippen molar-refractivity contribution in [1.82, 2.24) is 14.5 Å². The van der Waals surface area contributed by atoms with Crippen molar-refractivity contribution in [1.29, 1.82) is 0 Å². The monoisotopic (exact) mass is 418 g/mol. The predicted molar refractivity (Wildman–Crippen MR) is 108 cm³/mol. The Bertz CT molecular complexity index is 1040. The Labute approximate surface area is 170 Å². The van der Waals surface area contributed by atoms with Gasteiger partial charge in [0.15, 0.2) is 5.03 Å². The van der Waals surface area contributed by atoms with Crippen LogP contribution in [0.2, 0.25) is 0 Å². The molecule has 0 spiro atoms. The summed E-state index contributed by atoms with van der Waals surface area (Å²) in [5.74, 6) is 0. The minimum Gasteiger partial charge on any atom is -0.375 e. The van der Waals surface area contributed by atoms with Gasteiger partial charge in [0.25, 0.3) is 10.0 Å². The van der Waals surface area contributed by atoms with Gasteiger partial charge >= 0.3 is 6.03 Å². The number of methoxy groups -OCH3 is 1. The molecule has 8 nitrogen and oxygen atoms in total. The number of aromatic nitrogens is 2. The summed E-state index contributed by atoms with van der Waals surface area (Å²) >= 11 is 0. The molecule has 2 aromatic rings. The molecule has 0 saturated heterocycles. The Morgan fingerprint density at radius 2 is 1.76 bits per heavy atom. The fraction of sp³-hybridized carbons (Fsp3) is 0.500. The molecule has 2 aliphatic carbocycles. The van der Waals surface area contributed by atoms with Crippen molar-refractivity contribution in [2.24, 2.45) is 7.05 Å². The Balaban J connectivity index is 1.57. The lowest BCUT2D eigenvalue weighted by Gasteiger charge is -2.16. The molecule has 156 valence electrons. The second-order valence-corrected chi connectivity index (χ2v) is 9.33. The van der Waals surface area contributed by atoms with E-state index in [1.54, 1.807) is 14.0 Å². The van der Waals surface area contributed by atoms with Gasteiger partial charge in [0.05, 0.1) is 11.8 Å². The van der Waals surface area contributed by atoms with Crippen LogP contribution in [0.25, 0.3) is 0 Å². The Hall–Kier alpha value is -2.39. The molecule has 4 rings (SSSR count). The van der Waals surface area contributed by atoms with E-state index in [-0.39, 0.29) is 11.1 Å². The van der Waals surface area contributed by atoms with Gasteiger partial charge in [-0.15, -0.1) is 0 Å². The average molecular weight is 419 g/mol. The third kappa shape index (κ3) is 3.64. The summed E-state index contributed by atoms with van der Waals surface area (Å²) < 4.78 is 34.2. The van der Waals surface area contributed by atoms with E-state index in [1.807, 2.05) is 0 Å².